The van der Waals surface area contributed by atoms with Gasteiger partial charge in [0, 0.05) is 11.3 Å². The molecule has 260 valence electrons. The Hall–Kier alpha value is -5.78. The Labute approximate surface area is 308 Å². The van der Waals surface area contributed by atoms with E-state index in [4.69, 9.17) is 9.47 Å². The number of Topliss-reactive ketones (excluding diaryl/α,β-unsaturated/α-hetero) is 1. The summed E-state index contributed by atoms with van der Waals surface area (Å²) in [4.78, 5) is 28.8. The summed E-state index contributed by atoms with van der Waals surface area (Å²) >= 11 is 2.38. The molecule has 5 aromatic carbocycles. The first-order chi connectivity index (χ1) is 25.3. The molecule has 6 aromatic rings. The van der Waals surface area contributed by atoms with Gasteiger partial charge in [-0.1, -0.05) is 114 Å². The van der Waals surface area contributed by atoms with Gasteiger partial charge >= 0.3 is 5.91 Å². The third-order valence-electron chi connectivity index (χ3n) is 8.42. The predicted molar refractivity (Wildman–Crippen MR) is 200 cm³/mol. The van der Waals surface area contributed by atoms with Crippen LogP contribution < -0.4 is 14.4 Å². The van der Waals surface area contributed by atoms with Crippen LogP contribution in [0.1, 0.15) is 39.4 Å². The molecule has 52 heavy (non-hydrogen) atoms. The highest BCUT2D eigenvalue weighted by Gasteiger charge is 2.48. The van der Waals surface area contributed by atoms with E-state index in [0.717, 1.165) is 28.0 Å². The largest absolute Gasteiger partial charge is 0.507 e. The number of ether oxygens (including phenoxy) is 2. The summed E-state index contributed by atoms with van der Waals surface area (Å²) in [5, 5.41) is 20.4. The monoisotopic (exact) mass is 729 g/mol. The van der Waals surface area contributed by atoms with E-state index in [0.29, 0.717) is 51.5 Å². The first kappa shape index (κ1) is 34.7. The lowest BCUT2D eigenvalue weighted by Crippen LogP contribution is -2.29. The fourth-order valence-corrected chi connectivity index (χ4v) is 7.63. The predicted octanol–water partition coefficient (Wildman–Crippen LogP) is 9.06. The Kier molecular flexibility index (Phi) is 10.4. The molecule has 2 heterocycles. The minimum Gasteiger partial charge on any atom is -0.507 e. The molecule has 1 aliphatic heterocycles. The van der Waals surface area contributed by atoms with Crippen molar-refractivity contribution in [2.24, 2.45) is 0 Å². The van der Waals surface area contributed by atoms with Crippen LogP contribution in [0.2, 0.25) is 0 Å². The number of rotatable bonds is 12. The fourth-order valence-electron chi connectivity index (χ4n) is 5.78. The van der Waals surface area contributed by atoms with E-state index in [1.54, 1.807) is 66.7 Å². The smallest absolute Gasteiger partial charge is 0.301 e. The van der Waals surface area contributed by atoms with E-state index in [-0.39, 0.29) is 22.3 Å². The third kappa shape index (κ3) is 7.75. The number of benzene rings is 5. The highest BCUT2D eigenvalue weighted by molar-refractivity contribution is 8.00. The zero-order valence-electron chi connectivity index (χ0n) is 27.9. The second kappa shape index (κ2) is 15.6. The van der Waals surface area contributed by atoms with E-state index in [1.807, 2.05) is 61.5 Å². The highest BCUT2D eigenvalue weighted by Crippen LogP contribution is 2.44. The first-order valence-corrected chi connectivity index (χ1v) is 18.2. The van der Waals surface area contributed by atoms with Crippen LogP contribution in [0.4, 0.5) is 9.52 Å². The number of amides is 1. The number of anilines is 1. The van der Waals surface area contributed by atoms with E-state index in [2.05, 4.69) is 10.2 Å². The summed E-state index contributed by atoms with van der Waals surface area (Å²) in [5.74, 6) is -0.896. The quantitative estimate of drug-likeness (QED) is 0.0438. The van der Waals surface area contributed by atoms with Crippen LogP contribution in [0.25, 0.3) is 5.76 Å². The average Bonchev–Trinajstić information content (AvgIpc) is 3.74. The topological polar surface area (TPSA) is 102 Å². The highest BCUT2D eigenvalue weighted by atomic mass is 32.2. The first-order valence-electron chi connectivity index (χ1n) is 16.4. The molecule has 7 rings (SSSR count). The van der Waals surface area contributed by atoms with Crippen molar-refractivity contribution in [3.05, 3.63) is 172 Å². The lowest BCUT2D eigenvalue weighted by molar-refractivity contribution is -0.132. The molecule has 1 fully saturated rings. The Morgan fingerprint density at radius 3 is 2.17 bits per heavy atom. The molecular formula is C41H32FN3O5S2. The van der Waals surface area contributed by atoms with Crippen molar-refractivity contribution >= 4 is 45.7 Å². The van der Waals surface area contributed by atoms with Crippen molar-refractivity contribution in [3.63, 3.8) is 0 Å². The number of thioether (sulfide) groups is 1. The number of aryl methyl sites for hydroxylation is 1. The Morgan fingerprint density at radius 1 is 0.808 bits per heavy atom. The molecule has 1 aromatic heterocycles. The molecule has 1 amide bonds. The number of hydrogen-bond acceptors (Lipinski definition) is 9. The lowest BCUT2D eigenvalue weighted by Gasteiger charge is -2.22. The van der Waals surface area contributed by atoms with Gasteiger partial charge in [-0.2, -0.15) is 0 Å². The third-order valence-corrected chi connectivity index (χ3v) is 10.5. The molecule has 11 heteroatoms. The molecule has 1 unspecified atom stereocenters. The fraction of sp³-hybridized carbons (Fsp3) is 0.122. The maximum Gasteiger partial charge on any atom is 0.301 e. The Morgan fingerprint density at radius 2 is 1.46 bits per heavy atom. The maximum atomic E-state index is 14.3. The van der Waals surface area contributed by atoms with Crippen LogP contribution in [0.3, 0.4) is 0 Å². The average molecular weight is 730 g/mol. The molecular weight excluding hydrogens is 698 g/mol. The molecule has 8 nitrogen and oxygen atoms in total. The van der Waals surface area contributed by atoms with Crippen molar-refractivity contribution in [2.45, 2.75) is 36.3 Å². The summed E-state index contributed by atoms with van der Waals surface area (Å²) in [6, 6.07) is 37.0. The van der Waals surface area contributed by atoms with Gasteiger partial charge in [0.05, 0.1) is 11.6 Å². The normalized spacial score (nSPS) is 15.2. The minimum atomic E-state index is -1.02. The van der Waals surface area contributed by atoms with Gasteiger partial charge < -0.3 is 14.6 Å². The van der Waals surface area contributed by atoms with Crippen molar-refractivity contribution in [2.75, 3.05) is 4.90 Å². The van der Waals surface area contributed by atoms with E-state index in [1.165, 1.54) is 22.7 Å². The van der Waals surface area contributed by atoms with Crippen molar-refractivity contribution in [1.82, 2.24) is 10.2 Å². The van der Waals surface area contributed by atoms with Gasteiger partial charge in [-0.05, 0) is 71.6 Å². The van der Waals surface area contributed by atoms with Crippen LogP contribution in [0.5, 0.6) is 11.5 Å². The van der Waals surface area contributed by atoms with Gasteiger partial charge in [-0.25, -0.2) is 4.39 Å². The van der Waals surface area contributed by atoms with Crippen LogP contribution in [0, 0.1) is 12.7 Å². The van der Waals surface area contributed by atoms with Crippen molar-refractivity contribution in [3.8, 4) is 11.5 Å². The SMILES string of the molecule is Cc1cccc(COc2ccc(/C(O)=C3\C(=O)C(=O)N(c4nnc(SCc5ccccc5F)s4)C3c3ccc(OCc4ccccc4)cc3)cc2)c1. The number of carbonyl (C=O) groups is 2. The number of carbonyl (C=O) groups excluding carboxylic acids is 2. The molecule has 1 aliphatic rings. The zero-order chi connectivity index (χ0) is 36.0. The molecule has 0 radical (unpaired) electrons. The number of aliphatic hydroxyl groups is 1. The zero-order valence-corrected chi connectivity index (χ0v) is 29.6. The number of ketones is 1. The second-order valence-electron chi connectivity index (χ2n) is 12.0. The lowest BCUT2D eigenvalue weighted by atomic mass is 9.95. The van der Waals surface area contributed by atoms with Crippen LogP contribution in [-0.2, 0) is 28.6 Å². The molecule has 1 saturated heterocycles. The number of halogens is 1. The van der Waals surface area contributed by atoms with Gasteiger partial charge in [0.2, 0.25) is 5.13 Å². The molecule has 1 atom stereocenters. The summed E-state index contributed by atoms with van der Waals surface area (Å²) in [5.41, 5.74) is 4.47. The van der Waals surface area contributed by atoms with Crippen molar-refractivity contribution < 1.29 is 28.6 Å². The number of nitrogens with zero attached hydrogens (tertiary/aromatic N) is 3. The second-order valence-corrected chi connectivity index (χ2v) is 14.2. The van der Waals surface area contributed by atoms with Crippen LogP contribution >= 0.6 is 23.1 Å². The van der Waals surface area contributed by atoms with Gasteiger partial charge in [-0.3, -0.25) is 14.5 Å². The van der Waals surface area contributed by atoms with Gasteiger partial charge in [0.1, 0.15) is 36.3 Å². The van der Waals surface area contributed by atoms with E-state index in [9.17, 15) is 19.1 Å². The number of aromatic nitrogens is 2. The van der Waals surface area contributed by atoms with Crippen LogP contribution in [-0.4, -0.2) is 27.0 Å². The molecule has 0 bridgehead atoms. The van der Waals surface area contributed by atoms with E-state index < -0.39 is 17.7 Å². The summed E-state index contributed by atoms with van der Waals surface area (Å²) in [6.07, 6.45) is 0. The van der Waals surface area contributed by atoms with E-state index >= 15 is 0 Å². The molecule has 1 N–H and O–H groups in total. The summed E-state index contributed by atoms with van der Waals surface area (Å²) < 4.78 is 26.7. The molecule has 0 aliphatic carbocycles. The Bertz CT molecular complexity index is 2240. The number of aliphatic hydroxyl groups excluding tert-OH is 1. The van der Waals surface area contributed by atoms with Gasteiger partial charge in [0.25, 0.3) is 5.78 Å². The number of hydrogen-bond donors (Lipinski definition) is 1. The van der Waals surface area contributed by atoms with Gasteiger partial charge in [0.15, 0.2) is 4.34 Å². The Balaban J connectivity index is 1.18. The van der Waals surface area contributed by atoms with Gasteiger partial charge in [-0.15, -0.1) is 10.2 Å². The maximum absolute atomic E-state index is 14.3. The summed E-state index contributed by atoms with van der Waals surface area (Å²) in [7, 11) is 0. The van der Waals surface area contributed by atoms with Crippen molar-refractivity contribution in [1.29, 1.82) is 0 Å². The standard InChI is InChI=1S/C41H32FN3O5S2/c1-26-8-7-11-28(22-26)24-50-33-20-16-30(17-21-33)37(46)35-36(29-14-18-32(19-15-29)49-23-27-9-3-2-4-10-27)45(39(48)38(35)47)40-43-44-41(52-40)51-25-31-12-5-6-13-34(31)42/h2-22,36,46H,23-25H2,1H3/b37-35+. The molecule has 0 saturated carbocycles. The molecule has 0 spiro atoms. The summed E-state index contributed by atoms with van der Waals surface area (Å²) in [6.45, 7) is 2.75. The van der Waals surface area contributed by atoms with Crippen LogP contribution in [0.15, 0.2) is 137 Å². The minimum absolute atomic E-state index is 0.0906.